The summed E-state index contributed by atoms with van der Waals surface area (Å²) in [6, 6.07) is -3.34. The number of nitro groups is 1. The maximum absolute atomic E-state index is 13.2. The van der Waals surface area contributed by atoms with Gasteiger partial charge in [0.05, 0.1) is 18.7 Å². The summed E-state index contributed by atoms with van der Waals surface area (Å²) in [4.78, 5) is 81.7. The average molecular weight is 612 g/mol. The molecule has 0 aromatic carbocycles. The molecule has 2 aliphatic rings. The molecule has 0 unspecified atom stereocenters. The van der Waals surface area contributed by atoms with E-state index in [1.54, 1.807) is 19.3 Å². The highest BCUT2D eigenvalue weighted by Crippen LogP contribution is 2.21. The van der Waals surface area contributed by atoms with E-state index in [9.17, 15) is 34.1 Å². The van der Waals surface area contributed by atoms with Crippen LogP contribution in [-0.4, -0.2) is 107 Å². The first-order chi connectivity index (χ1) is 20.2. The highest BCUT2D eigenvalue weighted by molar-refractivity contribution is 5.94. The largest absolute Gasteiger partial charge is 0.461 e. The molecule has 2 heterocycles. The number of carbonyl (C=O) groups is 5. The van der Waals surface area contributed by atoms with Crippen LogP contribution in [0.15, 0.2) is 4.99 Å². The van der Waals surface area contributed by atoms with E-state index in [-0.39, 0.29) is 37.8 Å². The molecule has 242 valence electrons. The number of hydrogen-bond donors (Lipinski definition) is 5. The summed E-state index contributed by atoms with van der Waals surface area (Å²) in [6.45, 7) is 7.39. The lowest BCUT2D eigenvalue weighted by atomic mass is 10.0. The number of hydrogen-bond acceptors (Lipinski definition) is 10. The molecule has 0 spiro atoms. The van der Waals surface area contributed by atoms with Crippen molar-refractivity contribution in [1.29, 1.82) is 0 Å². The molecular formula is C26H45N9O8. The maximum Gasteiger partial charge on any atom is 0.328 e. The molecule has 0 radical (unpaired) electrons. The van der Waals surface area contributed by atoms with Crippen molar-refractivity contribution >= 4 is 35.6 Å². The van der Waals surface area contributed by atoms with E-state index >= 15 is 0 Å². The van der Waals surface area contributed by atoms with Gasteiger partial charge in [-0.1, -0.05) is 19.3 Å². The number of esters is 1. The molecule has 4 atom stereocenters. The summed E-state index contributed by atoms with van der Waals surface area (Å²) in [5.41, 5.74) is 13.1. The monoisotopic (exact) mass is 611 g/mol. The number of nitrogens with zero attached hydrogens (tertiary/aromatic N) is 4. The first-order valence-electron chi connectivity index (χ1n) is 14.6. The van der Waals surface area contributed by atoms with Gasteiger partial charge in [0, 0.05) is 19.6 Å². The molecule has 0 aromatic heterocycles. The Balaban J connectivity index is 1.98. The van der Waals surface area contributed by atoms with Gasteiger partial charge in [-0.15, -0.1) is 0 Å². The number of hydrazine groups is 1. The fourth-order valence-electron chi connectivity index (χ4n) is 4.95. The Labute approximate surface area is 250 Å². The van der Waals surface area contributed by atoms with Crippen LogP contribution >= 0.6 is 0 Å². The molecule has 7 N–H and O–H groups in total. The SMILES string of the molecule is CC(C)OC(=O)[C@H](CCCN=C(N)N[N+](=O)[O-])NC(=O)[C@@H]1CCCN1C(=O)CNC(=O)[C@@H]1CCCN1C(=O)[C@@H](N)C(C)C. The van der Waals surface area contributed by atoms with Crippen LogP contribution in [0, 0.1) is 16.0 Å². The van der Waals surface area contributed by atoms with Crippen LogP contribution in [0.1, 0.15) is 66.2 Å². The second-order valence-electron chi connectivity index (χ2n) is 11.2. The summed E-state index contributed by atoms with van der Waals surface area (Å²) >= 11 is 0. The van der Waals surface area contributed by atoms with E-state index in [1.165, 1.54) is 9.80 Å². The van der Waals surface area contributed by atoms with E-state index in [1.807, 2.05) is 13.8 Å². The molecule has 2 fully saturated rings. The highest BCUT2D eigenvalue weighted by Gasteiger charge is 2.39. The number of nitrogens with one attached hydrogen (secondary N) is 3. The number of amides is 4. The Morgan fingerprint density at radius 1 is 1.02 bits per heavy atom. The summed E-state index contributed by atoms with van der Waals surface area (Å²) in [6.07, 6.45) is 1.94. The molecule has 43 heavy (non-hydrogen) atoms. The number of carbonyl (C=O) groups excluding carboxylic acids is 5. The number of likely N-dealkylation sites (tertiary alicyclic amines) is 2. The fraction of sp³-hybridized carbons (Fsp3) is 0.769. The van der Waals surface area contributed by atoms with Crippen LogP contribution in [0.5, 0.6) is 0 Å². The van der Waals surface area contributed by atoms with Crippen LogP contribution in [-0.2, 0) is 28.7 Å². The van der Waals surface area contributed by atoms with Crippen LogP contribution in [0.25, 0.3) is 0 Å². The normalized spacial score (nSPS) is 20.1. The number of ether oxygens (including phenoxy) is 1. The van der Waals surface area contributed by atoms with Gasteiger partial charge in [-0.2, -0.15) is 0 Å². The van der Waals surface area contributed by atoms with E-state index in [2.05, 4.69) is 15.6 Å². The Kier molecular flexibility index (Phi) is 13.6. The van der Waals surface area contributed by atoms with E-state index in [0.717, 1.165) is 0 Å². The first kappa shape index (κ1) is 35.2. The zero-order valence-electron chi connectivity index (χ0n) is 25.2. The Bertz CT molecular complexity index is 1070. The highest BCUT2D eigenvalue weighted by atomic mass is 16.7. The summed E-state index contributed by atoms with van der Waals surface area (Å²) < 4.78 is 5.27. The standard InChI is InChI=1S/C26H45N9O8/c1-15(2)21(27)24(39)34-13-7-9-18(34)22(37)30-14-20(36)33-12-6-10-19(33)23(38)31-17(25(40)43-16(3)4)8-5-11-29-26(28)32-35(41)42/h15-19,21H,5-14,27H2,1-4H3,(H,30,37)(H,31,38)(H3,28,29,32)/t17-,18-,19-,21-/m0/s1. The lowest BCUT2D eigenvalue weighted by Gasteiger charge is -2.29. The molecule has 17 heteroatoms. The van der Waals surface area contributed by atoms with Crippen molar-refractivity contribution in [2.24, 2.45) is 22.4 Å². The zero-order valence-corrected chi connectivity index (χ0v) is 25.2. The third kappa shape index (κ3) is 10.6. The van der Waals surface area contributed by atoms with Crippen molar-refractivity contribution < 1.29 is 33.7 Å². The van der Waals surface area contributed by atoms with Gasteiger partial charge in [0.15, 0.2) is 5.03 Å². The van der Waals surface area contributed by atoms with Crippen LogP contribution in [0.2, 0.25) is 0 Å². The second-order valence-corrected chi connectivity index (χ2v) is 11.2. The van der Waals surface area contributed by atoms with Gasteiger partial charge in [-0.05, 0) is 58.3 Å². The van der Waals surface area contributed by atoms with Gasteiger partial charge in [-0.3, -0.25) is 19.2 Å². The van der Waals surface area contributed by atoms with Gasteiger partial charge in [0.2, 0.25) is 23.6 Å². The van der Waals surface area contributed by atoms with Gasteiger partial charge < -0.3 is 36.6 Å². The lowest BCUT2D eigenvalue weighted by Crippen LogP contribution is -2.55. The van der Waals surface area contributed by atoms with Crippen molar-refractivity contribution in [3.8, 4) is 0 Å². The Morgan fingerprint density at radius 2 is 1.63 bits per heavy atom. The number of guanidine groups is 1. The van der Waals surface area contributed by atoms with Crippen LogP contribution < -0.4 is 27.5 Å². The third-order valence-corrected chi connectivity index (χ3v) is 7.22. The number of nitrogens with two attached hydrogens (primary N) is 2. The quantitative estimate of drug-likeness (QED) is 0.0373. The molecule has 0 aliphatic carbocycles. The van der Waals surface area contributed by atoms with Crippen LogP contribution in [0.4, 0.5) is 0 Å². The maximum atomic E-state index is 13.2. The molecule has 0 aromatic rings. The van der Waals surface area contributed by atoms with Crippen molar-refractivity contribution in [1.82, 2.24) is 25.9 Å². The summed E-state index contributed by atoms with van der Waals surface area (Å²) in [5, 5.41) is 14.9. The number of aliphatic imine (C=N–C) groups is 1. The molecule has 2 rings (SSSR count). The second kappa shape index (κ2) is 16.6. The minimum atomic E-state index is -1.05. The van der Waals surface area contributed by atoms with Gasteiger partial charge in [-0.25, -0.2) is 19.9 Å². The summed E-state index contributed by atoms with van der Waals surface area (Å²) in [5.74, 6) is -2.92. The van der Waals surface area contributed by atoms with E-state index < -0.39 is 65.0 Å². The molecular weight excluding hydrogens is 566 g/mol. The molecule has 0 saturated carbocycles. The smallest absolute Gasteiger partial charge is 0.328 e. The molecule has 2 saturated heterocycles. The zero-order chi connectivity index (χ0) is 32.3. The Hall–Kier alpha value is -4.02. The fourth-order valence-corrected chi connectivity index (χ4v) is 4.95. The predicted octanol–water partition coefficient (Wildman–Crippen LogP) is -1.62. The summed E-state index contributed by atoms with van der Waals surface area (Å²) in [7, 11) is 0. The first-order valence-corrected chi connectivity index (χ1v) is 14.6. The minimum absolute atomic E-state index is 0.0508. The van der Waals surface area contributed by atoms with E-state index in [0.29, 0.717) is 38.8 Å². The van der Waals surface area contributed by atoms with Crippen molar-refractivity contribution in [2.75, 3.05) is 26.2 Å². The topological polar surface area (TPSA) is 245 Å². The minimum Gasteiger partial charge on any atom is -0.461 e. The molecule has 2 aliphatic heterocycles. The van der Waals surface area contributed by atoms with Crippen LogP contribution in [0.3, 0.4) is 0 Å². The molecule has 17 nitrogen and oxygen atoms in total. The van der Waals surface area contributed by atoms with E-state index in [4.69, 9.17) is 16.2 Å². The molecule has 0 bridgehead atoms. The predicted molar refractivity (Wildman–Crippen MR) is 154 cm³/mol. The van der Waals surface area contributed by atoms with Gasteiger partial charge >= 0.3 is 5.97 Å². The van der Waals surface area contributed by atoms with Gasteiger partial charge in [0.25, 0.3) is 5.96 Å². The lowest BCUT2D eigenvalue weighted by molar-refractivity contribution is -0.525. The van der Waals surface area contributed by atoms with Crippen molar-refractivity contribution in [3.05, 3.63) is 10.1 Å². The number of rotatable bonds is 14. The van der Waals surface area contributed by atoms with Gasteiger partial charge in [0.1, 0.15) is 18.1 Å². The third-order valence-electron chi connectivity index (χ3n) is 7.22. The van der Waals surface area contributed by atoms with Crippen molar-refractivity contribution in [2.45, 2.75) is 96.5 Å². The Morgan fingerprint density at radius 3 is 2.21 bits per heavy atom. The van der Waals surface area contributed by atoms with Crippen molar-refractivity contribution in [3.63, 3.8) is 0 Å². The molecule has 4 amide bonds. The average Bonchev–Trinajstić information content (AvgIpc) is 3.62.